The van der Waals surface area contributed by atoms with E-state index in [4.69, 9.17) is 4.74 Å². The van der Waals surface area contributed by atoms with Crippen LogP contribution in [0.25, 0.3) is 0 Å². The Bertz CT molecular complexity index is 374. The first-order valence-corrected chi connectivity index (χ1v) is 5.37. The highest BCUT2D eigenvalue weighted by Gasteiger charge is 2.20. The molecule has 0 aliphatic heterocycles. The molecule has 0 fully saturated rings. The zero-order valence-electron chi connectivity index (χ0n) is 10.0. The number of alkyl carbamates (subject to hydrolysis) is 1. The number of ether oxygens (including phenoxy) is 1. The summed E-state index contributed by atoms with van der Waals surface area (Å²) in [7, 11) is 0. The zero-order valence-corrected chi connectivity index (χ0v) is 10.0. The van der Waals surface area contributed by atoms with Crippen molar-refractivity contribution in [3.63, 3.8) is 0 Å². The summed E-state index contributed by atoms with van der Waals surface area (Å²) in [4.78, 5) is 21.7. The second-order valence-electron chi connectivity index (χ2n) is 4.39. The Hall–Kier alpha value is -1.84. The van der Waals surface area contributed by atoms with Crippen molar-refractivity contribution in [1.29, 1.82) is 0 Å². The first-order valence-electron chi connectivity index (χ1n) is 5.37. The Balaban J connectivity index is 2.38. The van der Waals surface area contributed by atoms with Gasteiger partial charge in [-0.25, -0.2) is 4.79 Å². The van der Waals surface area contributed by atoms with Gasteiger partial charge in [0.1, 0.15) is 6.61 Å². The highest BCUT2D eigenvalue weighted by Crippen LogP contribution is 2.07. The van der Waals surface area contributed by atoms with E-state index < -0.39 is 11.6 Å². The van der Waals surface area contributed by atoms with Crippen LogP contribution >= 0.6 is 0 Å². The summed E-state index contributed by atoms with van der Waals surface area (Å²) in [6.07, 6.45) is 1.37. The molecule has 0 aliphatic rings. The van der Waals surface area contributed by atoms with Crippen LogP contribution < -0.4 is 5.32 Å². The topological polar surface area (TPSA) is 55.4 Å². The average Bonchev–Trinajstić information content (AvgIpc) is 2.27. The number of benzene rings is 1. The second-order valence-corrected chi connectivity index (χ2v) is 4.39. The molecule has 17 heavy (non-hydrogen) atoms. The number of nitrogens with one attached hydrogen (secondary N) is 1. The van der Waals surface area contributed by atoms with Crippen LogP contribution in [-0.2, 0) is 16.1 Å². The van der Waals surface area contributed by atoms with Crippen LogP contribution in [0, 0.1) is 0 Å². The molecule has 4 nitrogen and oxygen atoms in total. The molecule has 1 radical (unpaired) electrons. The lowest BCUT2D eigenvalue weighted by molar-refractivity contribution is 0.130. The Labute approximate surface area is 101 Å². The Morgan fingerprint density at radius 2 is 2.00 bits per heavy atom. The molecule has 91 valence electrons. The molecule has 1 aromatic carbocycles. The molecule has 0 heterocycles. The maximum Gasteiger partial charge on any atom is 0.407 e. The molecule has 1 rings (SSSR count). The monoisotopic (exact) mass is 234 g/mol. The van der Waals surface area contributed by atoms with Crippen LogP contribution in [0.3, 0.4) is 0 Å². The fourth-order valence-corrected chi connectivity index (χ4v) is 1.26. The largest absolute Gasteiger partial charge is 0.445 e. The van der Waals surface area contributed by atoms with E-state index in [0.29, 0.717) is 0 Å². The van der Waals surface area contributed by atoms with Gasteiger partial charge in [-0.1, -0.05) is 30.3 Å². The van der Waals surface area contributed by atoms with Gasteiger partial charge < -0.3 is 10.1 Å². The molecule has 1 amide bonds. The van der Waals surface area contributed by atoms with E-state index in [1.54, 1.807) is 20.1 Å². The van der Waals surface area contributed by atoms with Gasteiger partial charge in [-0.2, -0.15) is 0 Å². The summed E-state index contributed by atoms with van der Waals surface area (Å²) in [5.41, 5.74) is 0.289. The number of rotatable bonds is 5. The van der Waals surface area contributed by atoms with Gasteiger partial charge in [0.25, 0.3) is 0 Å². The van der Waals surface area contributed by atoms with Crippen LogP contribution in [0.5, 0.6) is 0 Å². The summed E-state index contributed by atoms with van der Waals surface area (Å²) in [5.74, 6) is 0. The first kappa shape index (κ1) is 13.2. The Morgan fingerprint density at radius 3 is 2.59 bits per heavy atom. The van der Waals surface area contributed by atoms with Gasteiger partial charge in [0.2, 0.25) is 6.29 Å². The van der Waals surface area contributed by atoms with Crippen LogP contribution in [-0.4, -0.2) is 17.9 Å². The lowest BCUT2D eigenvalue weighted by Crippen LogP contribution is -2.43. The SMILES string of the molecule is CC(C)(C[C]=O)NC(=O)OCc1ccccc1. The van der Waals surface area contributed by atoms with E-state index in [9.17, 15) is 9.59 Å². The third-order valence-corrected chi connectivity index (χ3v) is 2.17. The van der Waals surface area contributed by atoms with E-state index in [0.717, 1.165) is 5.56 Å². The third kappa shape index (κ3) is 5.15. The van der Waals surface area contributed by atoms with Gasteiger partial charge in [-0.05, 0) is 19.4 Å². The molecule has 0 unspecified atom stereocenters. The first-order chi connectivity index (χ1) is 8.03. The summed E-state index contributed by atoms with van der Waals surface area (Å²) in [6.45, 7) is 3.69. The highest BCUT2D eigenvalue weighted by molar-refractivity contribution is 5.69. The Kier molecular flexibility index (Phi) is 4.69. The molecule has 0 saturated heterocycles. The van der Waals surface area contributed by atoms with E-state index in [-0.39, 0.29) is 13.0 Å². The van der Waals surface area contributed by atoms with Crippen LogP contribution in [0.4, 0.5) is 4.79 Å². The minimum atomic E-state index is -0.629. The standard InChI is InChI=1S/C13H16NO3/c1-13(2,8-9-15)14-12(16)17-10-11-6-4-3-5-7-11/h3-7H,8,10H2,1-2H3,(H,14,16). The predicted octanol–water partition coefficient (Wildman–Crippen LogP) is 2.19. The smallest absolute Gasteiger partial charge is 0.407 e. The lowest BCUT2D eigenvalue weighted by atomic mass is 10.0. The summed E-state index contributed by atoms with van der Waals surface area (Å²) in [5, 5.41) is 2.60. The van der Waals surface area contributed by atoms with Gasteiger partial charge in [-0.3, -0.25) is 4.79 Å². The molecular weight excluding hydrogens is 218 g/mol. The van der Waals surface area contributed by atoms with E-state index in [1.807, 2.05) is 30.3 Å². The molecule has 0 saturated carbocycles. The van der Waals surface area contributed by atoms with Crippen molar-refractivity contribution < 1.29 is 14.3 Å². The number of hydrogen-bond donors (Lipinski definition) is 1. The molecule has 4 heteroatoms. The van der Waals surface area contributed by atoms with Gasteiger partial charge in [0.15, 0.2) is 0 Å². The molecule has 0 aliphatic carbocycles. The fraction of sp³-hybridized carbons (Fsp3) is 0.385. The summed E-state index contributed by atoms with van der Waals surface area (Å²) in [6, 6.07) is 9.39. The van der Waals surface area contributed by atoms with E-state index >= 15 is 0 Å². The van der Waals surface area contributed by atoms with Gasteiger partial charge in [0.05, 0.1) is 0 Å². The number of amides is 1. The molecule has 1 aromatic rings. The normalized spacial score (nSPS) is 10.7. The number of hydrogen-bond acceptors (Lipinski definition) is 3. The quantitative estimate of drug-likeness (QED) is 0.849. The molecule has 0 spiro atoms. The molecule has 0 aromatic heterocycles. The Morgan fingerprint density at radius 1 is 1.35 bits per heavy atom. The molecule has 0 atom stereocenters. The van der Waals surface area contributed by atoms with Crippen LogP contribution in [0.2, 0.25) is 0 Å². The van der Waals surface area contributed by atoms with Gasteiger partial charge >= 0.3 is 6.09 Å². The maximum atomic E-state index is 11.4. The van der Waals surface area contributed by atoms with Crippen molar-refractivity contribution in [2.24, 2.45) is 0 Å². The van der Waals surface area contributed by atoms with Crippen molar-refractivity contribution in [3.05, 3.63) is 35.9 Å². The maximum absolute atomic E-state index is 11.4. The van der Waals surface area contributed by atoms with Gasteiger partial charge in [0, 0.05) is 12.0 Å². The predicted molar refractivity (Wildman–Crippen MR) is 64.2 cm³/mol. The highest BCUT2D eigenvalue weighted by atomic mass is 16.5. The lowest BCUT2D eigenvalue weighted by Gasteiger charge is -2.22. The minimum absolute atomic E-state index is 0.132. The summed E-state index contributed by atoms with van der Waals surface area (Å²) >= 11 is 0. The average molecular weight is 234 g/mol. The molecule has 0 bridgehead atoms. The summed E-state index contributed by atoms with van der Waals surface area (Å²) < 4.78 is 5.03. The van der Waals surface area contributed by atoms with E-state index in [2.05, 4.69) is 5.32 Å². The van der Waals surface area contributed by atoms with Crippen molar-refractivity contribution in [2.45, 2.75) is 32.4 Å². The number of carbonyl (C=O) groups is 1. The van der Waals surface area contributed by atoms with Crippen LogP contribution in [0.15, 0.2) is 30.3 Å². The van der Waals surface area contributed by atoms with Gasteiger partial charge in [-0.15, -0.1) is 0 Å². The minimum Gasteiger partial charge on any atom is -0.445 e. The van der Waals surface area contributed by atoms with Crippen molar-refractivity contribution in [2.75, 3.05) is 0 Å². The van der Waals surface area contributed by atoms with Crippen molar-refractivity contribution in [3.8, 4) is 0 Å². The fourth-order valence-electron chi connectivity index (χ4n) is 1.26. The molecule has 1 N–H and O–H groups in total. The van der Waals surface area contributed by atoms with Crippen molar-refractivity contribution >= 4 is 12.4 Å². The third-order valence-electron chi connectivity index (χ3n) is 2.17. The van der Waals surface area contributed by atoms with Crippen molar-refractivity contribution in [1.82, 2.24) is 5.32 Å². The van der Waals surface area contributed by atoms with E-state index in [1.165, 1.54) is 0 Å². The second kappa shape index (κ2) is 6.03. The van der Waals surface area contributed by atoms with Crippen LogP contribution in [0.1, 0.15) is 25.8 Å². The molecular formula is C13H16NO3. The number of carbonyl (C=O) groups excluding carboxylic acids is 2. The zero-order chi connectivity index (χ0) is 12.7.